The predicted molar refractivity (Wildman–Crippen MR) is 61.4 cm³/mol. The number of aryl methyl sites for hydroxylation is 1. The largest absolute Gasteiger partial charge is 0.363 e. The second kappa shape index (κ2) is 4.02. The molecule has 5 nitrogen and oxygen atoms in total. The van der Waals surface area contributed by atoms with Gasteiger partial charge in [0.2, 0.25) is 5.95 Å². The fraction of sp³-hybridized carbons (Fsp3) is 0.600. The van der Waals surface area contributed by atoms with Gasteiger partial charge in [0, 0.05) is 38.9 Å². The Morgan fingerprint density at radius 3 is 2.67 bits per heavy atom. The minimum absolute atomic E-state index is 0.474. The molecular formula is C10H17N5. The van der Waals surface area contributed by atoms with Gasteiger partial charge in [0.15, 0.2) is 0 Å². The summed E-state index contributed by atoms with van der Waals surface area (Å²) in [6.45, 7) is 3.97. The first kappa shape index (κ1) is 10.2. The number of rotatable bonds is 3. The number of nitrogens with zero attached hydrogens (tertiary/aromatic N) is 3. The van der Waals surface area contributed by atoms with Gasteiger partial charge in [0.1, 0.15) is 5.82 Å². The van der Waals surface area contributed by atoms with Crippen LogP contribution in [-0.2, 0) is 0 Å². The Morgan fingerprint density at radius 1 is 1.40 bits per heavy atom. The normalized spacial score (nSPS) is 15.9. The fourth-order valence-electron chi connectivity index (χ4n) is 1.42. The van der Waals surface area contributed by atoms with Gasteiger partial charge in [0.25, 0.3) is 0 Å². The highest BCUT2D eigenvalue weighted by Gasteiger charge is 2.17. The Morgan fingerprint density at radius 2 is 2.13 bits per heavy atom. The standard InChI is InChI=1S/C10H17N5/c1-7-4-9(15(2)3)14-10(12-7)13-8-5-11-6-8/h4,8,11H,5-6H2,1-3H3,(H,12,13,14). The quantitative estimate of drug-likeness (QED) is 0.743. The van der Waals surface area contributed by atoms with E-state index in [1.54, 1.807) is 0 Å². The van der Waals surface area contributed by atoms with Crippen LogP contribution in [0.4, 0.5) is 11.8 Å². The molecule has 82 valence electrons. The average molecular weight is 207 g/mol. The summed E-state index contributed by atoms with van der Waals surface area (Å²) in [6.07, 6.45) is 0. The van der Waals surface area contributed by atoms with Crippen LogP contribution in [0.15, 0.2) is 6.07 Å². The van der Waals surface area contributed by atoms with Crippen molar-refractivity contribution in [3.63, 3.8) is 0 Å². The van der Waals surface area contributed by atoms with Gasteiger partial charge < -0.3 is 15.5 Å². The first-order chi connectivity index (χ1) is 7.15. The predicted octanol–water partition coefficient (Wildman–Crippen LogP) is 0.235. The monoisotopic (exact) mass is 207 g/mol. The van der Waals surface area contributed by atoms with E-state index in [4.69, 9.17) is 0 Å². The highest BCUT2D eigenvalue weighted by molar-refractivity contribution is 5.43. The van der Waals surface area contributed by atoms with Crippen LogP contribution >= 0.6 is 0 Å². The molecule has 1 aliphatic rings. The van der Waals surface area contributed by atoms with Crippen LogP contribution in [0, 0.1) is 6.92 Å². The summed E-state index contributed by atoms with van der Waals surface area (Å²) in [5.74, 6) is 1.67. The molecule has 2 heterocycles. The highest BCUT2D eigenvalue weighted by atomic mass is 15.2. The zero-order valence-corrected chi connectivity index (χ0v) is 9.41. The third kappa shape index (κ3) is 2.36. The molecule has 0 unspecified atom stereocenters. The van der Waals surface area contributed by atoms with Crippen molar-refractivity contribution in [3.05, 3.63) is 11.8 Å². The maximum absolute atomic E-state index is 4.43. The lowest BCUT2D eigenvalue weighted by Gasteiger charge is -2.28. The van der Waals surface area contributed by atoms with Crippen molar-refractivity contribution in [3.8, 4) is 0 Å². The molecule has 0 amide bonds. The molecule has 15 heavy (non-hydrogen) atoms. The molecule has 0 aromatic carbocycles. The summed E-state index contributed by atoms with van der Waals surface area (Å²) < 4.78 is 0. The van der Waals surface area contributed by atoms with E-state index in [-0.39, 0.29) is 0 Å². The summed E-state index contributed by atoms with van der Waals surface area (Å²) >= 11 is 0. The van der Waals surface area contributed by atoms with Crippen molar-refractivity contribution in [1.82, 2.24) is 15.3 Å². The summed E-state index contributed by atoms with van der Waals surface area (Å²) in [6, 6.07) is 2.45. The summed E-state index contributed by atoms with van der Waals surface area (Å²) in [5, 5.41) is 6.51. The molecule has 1 aromatic heterocycles. The van der Waals surface area contributed by atoms with Gasteiger partial charge in [-0.05, 0) is 6.92 Å². The van der Waals surface area contributed by atoms with Crippen molar-refractivity contribution < 1.29 is 0 Å². The third-order valence-corrected chi connectivity index (χ3v) is 2.41. The summed E-state index contributed by atoms with van der Waals surface area (Å²) in [7, 11) is 3.97. The van der Waals surface area contributed by atoms with Gasteiger partial charge >= 0.3 is 0 Å². The number of nitrogens with one attached hydrogen (secondary N) is 2. The van der Waals surface area contributed by atoms with Crippen LogP contribution in [0.25, 0.3) is 0 Å². The molecule has 0 radical (unpaired) electrons. The van der Waals surface area contributed by atoms with Crippen LogP contribution in [-0.4, -0.2) is 43.2 Å². The first-order valence-corrected chi connectivity index (χ1v) is 5.15. The lowest BCUT2D eigenvalue weighted by Crippen LogP contribution is -2.51. The van der Waals surface area contributed by atoms with Gasteiger partial charge in [-0.25, -0.2) is 4.98 Å². The van der Waals surface area contributed by atoms with E-state index in [0.29, 0.717) is 6.04 Å². The molecule has 0 saturated carbocycles. The van der Waals surface area contributed by atoms with E-state index < -0.39 is 0 Å². The SMILES string of the molecule is Cc1cc(N(C)C)nc(NC2CNC2)n1. The van der Waals surface area contributed by atoms with Crippen LogP contribution in [0.1, 0.15) is 5.69 Å². The van der Waals surface area contributed by atoms with Gasteiger partial charge in [-0.2, -0.15) is 4.98 Å². The lowest BCUT2D eigenvalue weighted by molar-refractivity contribution is 0.469. The van der Waals surface area contributed by atoms with Crippen LogP contribution in [0.3, 0.4) is 0 Å². The van der Waals surface area contributed by atoms with Crippen molar-refractivity contribution >= 4 is 11.8 Å². The molecule has 0 aliphatic carbocycles. The smallest absolute Gasteiger partial charge is 0.225 e. The molecule has 0 bridgehead atoms. The fourth-order valence-corrected chi connectivity index (χ4v) is 1.42. The molecule has 2 N–H and O–H groups in total. The van der Waals surface area contributed by atoms with Gasteiger partial charge in [-0.1, -0.05) is 0 Å². The van der Waals surface area contributed by atoms with Gasteiger partial charge in [-0.3, -0.25) is 0 Å². The molecule has 0 atom stereocenters. The van der Waals surface area contributed by atoms with Crippen molar-refractivity contribution in [1.29, 1.82) is 0 Å². The second-order valence-electron chi connectivity index (χ2n) is 4.09. The second-order valence-corrected chi connectivity index (χ2v) is 4.09. The molecule has 1 saturated heterocycles. The van der Waals surface area contributed by atoms with Crippen molar-refractivity contribution in [2.24, 2.45) is 0 Å². The minimum atomic E-state index is 0.474. The topological polar surface area (TPSA) is 53.1 Å². The Balaban J connectivity index is 2.15. The number of anilines is 2. The van der Waals surface area contributed by atoms with E-state index in [9.17, 15) is 0 Å². The van der Waals surface area contributed by atoms with Gasteiger partial charge in [0.05, 0.1) is 6.04 Å². The van der Waals surface area contributed by atoms with E-state index in [1.807, 2.05) is 32.0 Å². The Bertz CT molecular complexity index is 346. The summed E-state index contributed by atoms with van der Waals surface area (Å²) in [4.78, 5) is 10.8. The van der Waals surface area contributed by atoms with Crippen LogP contribution < -0.4 is 15.5 Å². The average Bonchev–Trinajstić information content (AvgIpc) is 2.10. The molecular weight excluding hydrogens is 190 g/mol. The zero-order chi connectivity index (χ0) is 10.8. The molecule has 5 heteroatoms. The van der Waals surface area contributed by atoms with Crippen molar-refractivity contribution in [2.75, 3.05) is 37.4 Å². The van der Waals surface area contributed by atoms with E-state index in [1.165, 1.54) is 0 Å². The first-order valence-electron chi connectivity index (χ1n) is 5.15. The lowest BCUT2D eigenvalue weighted by atomic mass is 10.2. The third-order valence-electron chi connectivity index (χ3n) is 2.41. The number of hydrogen-bond donors (Lipinski definition) is 2. The van der Waals surface area contributed by atoms with E-state index in [0.717, 1.165) is 30.5 Å². The molecule has 1 fully saturated rings. The van der Waals surface area contributed by atoms with Crippen LogP contribution in [0.5, 0.6) is 0 Å². The van der Waals surface area contributed by atoms with Crippen LogP contribution in [0.2, 0.25) is 0 Å². The minimum Gasteiger partial charge on any atom is -0.363 e. The molecule has 2 rings (SSSR count). The molecule has 1 aliphatic heterocycles. The molecule has 1 aromatic rings. The highest BCUT2D eigenvalue weighted by Crippen LogP contribution is 2.13. The Kier molecular flexibility index (Phi) is 2.73. The Hall–Kier alpha value is -1.36. The van der Waals surface area contributed by atoms with E-state index in [2.05, 4.69) is 20.6 Å². The number of hydrogen-bond acceptors (Lipinski definition) is 5. The van der Waals surface area contributed by atoms with Crippen molar-refractivity contribution in [2.45, 2.75) is 13.0 Å². The molecule has 0 spiro atoms. The maximum Gasteiger partial charge on any atom is 0.225 e. The Labute approximate surface area is 89.9 Å². The van der Waals surface area contributed by atoms with Gasteiger partial charge in [-0.15, -0.1) is 0 Å². The van der Waals surface area contributed by atoms with E-state index >= 15 is 0 Å². The number of aromatic nitrogens is 2. The zero-order valence-electron chi connectivity index (χ0n) is 9.41. The summed E-state index contributed by atoms with van der Waals surface area (Å²) in [5.41, 5.74) is 0.989. The maximum atomic E-state index is 4.43.